The van der Waals surface area contributed by atoms with Crippen molar-refractivity contribution in [2.45, 2.75) is 39.5 Å². The van der Waals surface area contributed by atoms with Gasteiger partial charge in [-0.05, 0) is 31.2 Å². The Morgan fingerprint density at radius 2 is 2.50 bits per heavy atom. The molecule has 0 aromatic rings. The summed E-state index contributed by atoms with van der Waals surface area (Å²) in [5.41, 5.74) is -0.319. The van der Waals surface area contributed by atoms with Crippen LogP contribution in [0.1, 0.15) is 43.6 Å². The highest BCUT2D eigenvalue weighted by Crippen LogP contribution is 2.33. The highest BCUT2D eigenvalue weighted by molar-refractivity contribution is 4.85. The zero-order chi connectivity index (χ0) is 11.0. The minimum absolute atomic E-state index is 0.319. The second-order valence-electron chi connectivity index (χ2n) is 3.06. The van der Waals surface area contributed by atoms with Gasteiger partial charge >= 0.3 is 0 Å². The van der Waals surface area contributed by atoms with Crippen LogP contribution in [0.15, 0.2) is 0 Å². The monoisotopic (exact) mass is 145 g/mol. The zero-order valence-electron chi connectivity index (χ0n) is 10.9. The Balaban J connectivity index is 2.91. The topological polar surface area (TPSA) is 12.0 Å². The molecule has 0 bridgehead atoms. The van der Waals surface area contributed by atoms with E-state index in [1.54, 1.807) is 0 Å². The summed E-state index contributed by atoms with van der Waals surface area (Å²) < 4.78 is 30.8. The summed E-state index contributed by atoms with van der Waals surface area (Å²) in [7, 11) is 0. The van der Waals surface area contributed by atoms with Crippen LogP contribution < -0.4 is 5.31 Å². The predicted octanol–water partition coefficient (Wildman–Crippen LogP) is 2.18. The third-order valence-corrected chi connectivity index (χ3v) is 2.31. The number of hydrogen-bond acceptors (Lipinski definition) is 1. The standard InChI is InChI=1S/C9H19N/c1-3-5-9(4-2)6-7-10-8-9/h10H,3-8H2,1-2H3/i6D,7D2/hD. The molecule has 0 aliphatic carbocycles. The van der Waals surface area contributed by atoms with Gasteiger partial charge in [0.1, 0.15) is 1.41 Å². The highest BCUT2D eigenvalue weighted by atomic mass is 14.9. The maximum Gasteiger partial charge on any atom is 0.122 e. The first-order chi connectivity index (χ1) is 6.40. The molecule has 1 rings (SSSR count). The maximum atomic E-state index is 7.94. The molecule has 1 fully saturated rings. The molecule has 1 N–H and O–H groups in total. The quantitative estimate of drug-likeness (QED) is 0.642. The minimum Gasteiger partial charge on any atom is -0.316 e. The molecule has 1 aliphatic rings. The van der Waals surface area contributed by atoms with Crippen LogP contribution in [0.2, 0.25) is 1.41 Å². The van der Waals surface area contributed by atoms with Crippen molar-refractivity contribution in [3.8, 4) is 0 Å². The summed E-state index contributed by atoms with van der Waals surface area (Å²) in [6.45, 7) is 2.64. The van der Waals surface area contributed by atoms with Gasteiger partial charge in [0.25, 0.3) is 0 Å². The summed E-state index contributed by atoms with van der Waals surface area (Å²) in [6.07, 6.45) is 1.78. The van der Waals surface area contributed by atoms with Gasteiger partial charge in [0.15, 0.2) is 0 Å². The van der Waals surface area contributed by atoms with E-state index in [4.69, 9.17) is 5.52 Å². The molecule has 1 heterocycles. The van der Waals surface area contributed by atoms with Crippen molar-refractivity contribution in [3.05, 3.63) is 0 Å². The van der Waals surface area contributed by atoms with Crippen molar-refractivity contribution in [2.24, 2.45) is 5.41 Å². The molecule has 10 heavy (non-hydrogen) atoms. The van der Waals surface area contributed by atoms with Crippen LogP contribution in [-0.2, 0) is 0 Å². The second kappa shape index (κ2) is 3.38. The van der Waals surface area contributed by atoms with Crippen LogP contribution in [0.5, 0.6) is 0 Å². The van der Waals surface area contributed by atoms with Gasteiger partial charge in [0, 0.05) is 10.7 Å². The fourth-order valence-electron chi connectivity index (χ4n) is 1.47. The SMILES string of the molecule is [2H]C1C(CC)(CCC)CN([2H])C1([2H])[2H]. The first-order valence-corrected chi connectivity index (χ1v) is 4.09. The average molecular weight is 145 g/mol. The molecule has 1 saturated heterocycles. The van der Waals surface area contributed by atoms with Crippen LogP contribution in [0.25, 0.3) is 0 Å². The zero-order valence-corrected chi connectivity index (χ0v) is 6.85. The van der Waals surface area contributed by atoms with Crippen LogP contribution in [0.4, 0.5) is 0 Å². The third kappa shape index (κ3) is 1.51. The highest BCUT2D eigenvalue weighted by Gasteiger charge is 2.30. The van der Waals surface area contributed by atoms with E-state index in [1.165, 1.54) is 0 Å². The van der Waals surface area contributed by atoms with Gasteiger partial charge in [-0.2, -0.15) is 0 Å². The average Bonchev–Trinajstić information content (AvgIpc) is 2.29. The Morgan fingerprint density at radius 3 is 2.90 bits per heavy atom. The normalized spacial score (nSPS) is 53.2. The van der Waals surface area contributed by atoms with Gasteiger partial charge in [-0.15, -0.1) is 0 Å². The smallest absolute Gasteiger partial charge is 0.122 e. The molecule has 0 spiro atoms. The lowest BCUT2D eigenvalue weighted by atomic mass is 9.80. The lowest BCUT2D eigenvalue weighted by Gasteiger charge is -2.25. The van der Waals surface area contributed by atoms with Gasteiger partial charge in [0.2, 0.25) is 0 Å². The van der Waals surface area contributed by atoms with E-state index in [9.17, 15) is 0 Å². The Bertz CT molecular complexity index is 209. The molecule has 1 aliphatic heterocycles. The van der Waals surface area contributed by atoms with Crippen molar-refractivity contribution < 1.29 is 5.52 Å². The van der Waals surface area contributed by atoms with Crippen LogP contribution >= 0.6 is 0 Å². The second-order valence-corrected chi connectivity index (χ2v) is 3.06. The Labute approximate surface area is 69.9 Å². The summed E-state index contributed by atoms with van der Waals surface area (Å²) in [5.74, 6) is 0. The fourth-order valence-corrected chi connectivity index (χ4v) is 1.47. The van der Waals surface area contributed by atoms with Crippen molar-refractivity contribution in [3.63, 3.8) is 0 Å². The van der Waals surface area contributed by atoms with Crippen LogP contribution in [0, 0.1) is 5.41 Å². The number of hydrogen-bond donors (Lipinski definition) is 1. The van der Waals surface area contributed by atoms with E-state index in [0.29, 0.717) is 6.54 Å². The molecule has 1 nitrogen and oxygen atoms in total. The van der Waals surface area contributed by atoms with Gasteiger partial charge in [-0.1, -0.05) is 20.3 Å². The minimum atomic E-state index is -1.79. The lowest BCUT2D eigenvalue weighted by molar-refractivity contribution is 0.281. The van der Waals surface area contributed by atoms with E-state index in [-0.39, 0.29) is 5.41 Å². The molecule has 1 heteroatoms. The molecule has 0 aromatic heterocycles. The van der Waals surface area contributed by atoms with Crippen molar-refractivity contribution >= 4 is 0 Å². The van der Waals surface area contributed by atoms with Crippen molar-refractivity contribution in [1.82, 2.24) is 5.31 Å². The molecule has 2 atom stereocenters. The van der Waals surface area contributed by atoms with E-state index in [1.807, 2.05) is 13.8 Å². The van der Waals surface area contributed by atoms with Crippen molar-refractivity contribution in [1.29, 1.82) is 0 Å². The molecular formula is C9H19N. The summed E-state index contributed by atoms with van der Waals surface area (Å²) in [6, 6.07) is 0. The molecule has 0 saturated carbocycles. The number of nitrogens with one attached hydrogen (secondary N) is 1. The Kier molecular flexibility index (Phi) is 1.39. The molecule has 0 radical (unpaired) electrons. The van der Waals surface area contributed by atoms with Gasteiger partial charge in [-0.3, -0.25) is 0 Å². The Morgan fingerprint density at radius 1 is 1.70 bits per heavy atom. The first-order valence-electron chi connectivity index (χ1n) is 6.12. The van der Waals surface area contributed by atoms with Crippen molar-refractivity contribution in [2.75, 3.05) is 13.0 Å². The van der Waals surface area contributed by atoms with Crippen LogP contribution in [0.3, 0.4) is 0 Å². The largest absolute Gasteiger partial charge is 0.316 e. The van der Waals surface area contributed by atoms with Crippen LogP contribution in [-0.4, -0.2) is 13.0 Å². The lowest BCUT2D eigenvalue weighted by Crippen LogP contribution is -2.22. The van der Waals surface area contributed by atoms with Gasteiger partial charge in [-0.25, -0.2) is 0 Å². The molecule has 2 unspecified atom stereocenters. The van der Waals surface area contributed by atoms with Gasteiger partial charge in [0.05, 0.1) is 0 Å². The maximum absolute atomic E-state index is 7.94. The summed E-state index contributed by atoms with van der Waals surface area (Å²) in [5, 5.41) is 0.948. The first kappa shape index (κ1) is 4.10. The van der Waals surface area contributed by atoms with E-state index < -0.39 is 12.9 Å². The summed E-state index contributed by atoms with van der Waals surface area (Å²) >= 11 is 0. The number of rotatable bonds is 3. The van der Waals surface area contributed by atoms with E-state index in [2.05, 4.69) is 0 Å². The molecular weight excluding hydrogens is 122 g/mol. The fraction of sp³-hybridized carbons (Fsp3) is 1.00. The van der Waals surface area contributed by atoms with Gasteiger partial charge < -0.3 is 5.31 Å². The van der Waals surface area contributed by atoms with E-state index >= 15 is 0 Å². The Hall–Kier alpha value is -0.0400. The molecule has 0 aromatic carbocycles. The van der Waals surface area contributed by atoms with E-state index in [0.717, 1.165) is 24.6 Å². The predicted molar refractivity (Wildman–Crippen MR) is 45.1 cm³/mol. The molecule has 60 valence electrons. The summed E-state index contributed by atoms with van der Waals surface area (Å²) in [4.78, 5) is 0. The third-order valence-electron chi connectivity index (χ3n) is 2.31. The molecule has 0 amide bonds.